The van der Waals surface area contributed by atoms with Gasteiger partial charge in [-0.25, -0.2) is 0 Å². The lowest BCUT2D eigenvalue weighted by Gasteiger charge is -2.50. The number of hydrogen-bond acceptors (Lipinski definition) is 40. The first kappa shape index (κ1) is 103. The quantitative estimate of drug-likeness (QED) is 0.0314. The van der Waals surface area contributed by atoms with Crippen molar-refractivity contribution in [2.75, 3.05) is 33.0 Å². The molecule has 0 saturated carbocycles. The largest absolute Gasteiger partial charge is 0.463 e. The van der Waals surface area contributed by atoms with Crippen LogP contribution in [0.25, 0.3) is 0 Å². The molecule has 5 aromatic rings. The fourth-order valence-corrected chi connectivity index (χ4v) is 15.2. The summed E-state index contributed by atoms with van der Waals surface area (Å²) in [5, 5.41) is 0. The van der Waals surface area contributed by atoms with Gasteiger partial charge in [-0.2, -0.15) is 0 Å². The van der Waals surface area contributed by atoms with Crippen LogP contribution in [-0.2, 0) is 230 Å². The Labute approximate surface area is 759 Å². The highest BCUT2D eigenvalue weighted by molar-refractivity contribution is 5.71. The van der Waals surface area contributed by atoms with Crippen molar-refractivity contribution in [2.45, 2.75) is 283 Å². The first-order valence-electron chi connectivity index (χ1n) is 42.3. The fourth-order valence-electron chi connectivity index (χ4n) is 15.2. The van der Waals surface area contributed by atoms with Crippen molar-refractivity contribution in [3.63, 3.8) is 0 Å². The van der Waals surface area contributed by atoms with Crippen LogP contribution in [-0.4, -0.2) is 264 Å². The van der Waals surface area contributed by atoms with Crippen LogP contribution in [0.15, 0.2) is 146 Å². The summed E-state index contributed by atoms with van der Waals surface area (Å²) in [6, 6.07) is 41.1. The van der Waals surface area contributed by atoms with Crippen molar-refractivity contribution in [3.05, 3.63) is 179 Å². The van der Waals surface area contributed by atoms with E-state index in [2.05, 4.69) is 0 Å². The van der Waals surface area contributed by atoms with Crippen molar-refractivity contribution in [1.29, 1.82) is 0 Å². The molecule has 25 atom stereocenters. The molecule has 5 fully saturated rings. The standard InChI is InChI=1S/C92H110O40/c1-49(93)106-38-66-34-36-67(37-35-66)43-113-88-83(122-57(9)101)79(119-54(6)98)74(110-40-63-28-20-15-21-29-63)69(128-88)46-116-91-86(125-60(12)104)81(132-92-87(126-61(13)105)82(121-56(8)100)77(117-52(4)96)72(131-92)45-108-51(3)95)76(112-42-65-32-24-17-25-33-65)71(130-91)48-115-90-85(124-59(11)103)80(120-55(7)99)75(111-41-64-30-22-16-23-31-64)70(129-90)47-114-89-84(123-58(10)102)78(118-53(5)97)73(68(127-89)44-107-50(2)94)109-39-62-26-18-14-19-27-62/h14-37,68-92H,38-48H2,1-13H3/t68-,69-,70-,71-,72-,73-,74-,75-,76-,77+,78+,79+,80+,81+,82+,83-,84-,85-,86-,87-,88-,89+,90+,91+,92-/m1/s1. The van der Waals surface area contributed by atoms with E-state index in [0.717, 1.165) is 83.1 Å². The molecular formula is C92H110O40. The molecule has 0 N–H and O–H groups in total. The van der Waals surface area contributed by atoms with Gasteiger partial charge in [0.25, 0.3) is 0 Å². The van der Waals surface area contributed by atoms with E-state index in [1.807, 2.05) is 0 Å². The van der Waals surface area contributed by atoms with Gasteiger partial charge in [0.05, 0.1) is 52.9 Å². The van der Waals surface area contributed by atoms with Gasteiger partial charge in [-0.1, -0.05) is 146 Å². The molecule has 0 spiro atoms. The maximum atomic E-state index is 14.3. The topological polar surface area (TPSA) is 471 Å². The number of hydrogen-bond donors (Lipinski definition) is 0. The summed E-state index contributed by atoms with van der Waals surface area (Å²) in [6.45, 7) is 8.61. The average molecular weight is 1860 g/mol. The van der Waals surface area contributed by atoms with E-state index in [1.54, 1.807) is 146 Å². The molecule has 0 bridgehead atoms. The Balaban J connectivity index is 1.12. The van der Waals surface area contributed by atoms with E-state index in [4.69, 9.17) is 128 Å². The van der Waals surface area contributed by atoms with Crippen LogP contribution in [0.3, 0.4) is 0 Å². The minimum atomic E-state index is -2.14. The summed E-state index contributed by atoms with van der Waals surface area (Å²) < 4.78 is 171. The molecule has 10 rings (SSSR count). The van der Waals surface area contributed by atoms with E-state index in [-0.39, 0.29) is 33.0 Å². The molecule has 718 valence electrons. The molecule has 0 aromatic heterocycles. The highest BCUT2D eigenvalue weighted by Gasteiger charge is 2.61. The van der Waals surface area contributed by atoms with E-state index in [9.17, 15) is 62.3 Å². The van der Waals surface area contributed by atoms with Crippen LogP contribution in [0, 0.1) is 0 Å². The zero-order valence-corrected chi connectivity index (χ0v) is 74.9. The zero-order chi connectivity index (χ0) is 95.2. The van der Waals surface area contributed by atoms with Gasteiger partial charge in [0.1, 0.15) is 80.9 Å². The maximum absolute atomic E-state index is 14.3. The van der Waals surface area contributed by atoms with Crippen molar-refractivity contribution in [3.8, 4) is 0 Å². The Morgan fingerprint density at radius 2 is 0.394 bits per heavy atom. The molecule has 40 nitrogen and oxygen atoms in total. The molecular weight excluding hydrogens is 1740 g/mol. The third kappa shape index (κ3) is 31.1. The number of ether oxygens (including phenoxy) is 27. The van der Waals surface area contributed by atoms with E-state index < -0.39 is 271 Å². The lowest BCUT2D eigenvalue weighted by Crippen LogP contribution is -2.68. The second-order valence-electron chi connectivity index (χ2n) is 31.1. The van der Waals surface area contributed by atoms with Crippen LogP contribution in [0.4, 0.5) is 0 Å². The van der Waals surface area contributed by atoms with Crippen LogP contribution >= 0.6 is 0 Å². The lowest BCUT2D eigenvalue weighted by atomic mass is 9.95. The summed E-state index contributed by atoms with van der Waals surface area (Å²) in [5.41, 5.74) is 3.36. The molecule has 5 aliphatic rings. The normalized spacial score (nSPS) is 28.5. The number of benzene rings is 5. The highest BCUT2D eigenvalue weighted by Crippen LogP contribution is 2.41. The first-order valence-corrected chi connectivity index (χ1v) is 42.3. The Morgan fingerprint density at radius 1 is 0.189 bits per heavy atom. The van der Waals surface area contributed by atoms with Crippen LogP contribution in [0.1, 0.15) is 123 Å². The zero-order valence-electron chi connectivity index (χ0n) is 74.9. The molecule has 5 saturated heterocycles. The fraction of sp³-hybridized carbons (Fsp3) is 0.533. The van der Waals surface area contributed by atoms with Gasteiger partial charge in [0.2, 0.25) is 0 Å². The summed E-state index contributed by atoms with van der Waals surface area (Å²) >= 11 is 0. The molecule has 5 heterocycles. The minimum absolute atomic E-state index is 0.0545. The van der Waals surface area contributed by atoms with Gasteiger partial charge in [0, 0.05) is 90.0 Å². The van der Waals surface area contributed by atoms with E-state index >= 15 is 0 Å². The summed E-state index contributed by atoms with van der Waals surface area (Å²) in [5.74, 6) is -11.9. The number of esters is 13. The third-order valence-corrected chi connectivity index (χ3v) is 20.5. The molecule has 0 radical (unpaired) electrons. The first-order chi connectivity index (χ1) is 63.1. The number of rotatable bonds is 42. The van der Waals surface area contributed by atoms with Crippen molar-refractivity contribution in [2.24, 2.45) is 0 Å². The summed E-state index contributed by atoms with van der Waals surface area (Å²) in [7, 11) is 0. The SMILES string of the molecule is CC(=O)OCc1ccc(CO[C@@H]2O[C@H](CO[C@H]3O[C@H](CO[C@H]4O[C@H](CO[C@H]5O[C@H](COC(C)=O)[C@@H](OCc6ccccc6)[C@H](OC(C)=O)[C@H]5OC(C)=O)[C@@H](OCc5ccccc5)[C@H](OC(C)=O)[C@H]4OC(C)=O)[C@@H](OCc4ccccc4)[C@H](O[C@H]4O[C@H](COC(C)=O)[C@H](OC(C)=O)[C@H](OC(C)=O)[C@H]4OC(C)=O)[C@H]3OC(C)=O)[C@@H](OCc3ccccc3)[C@H](OC(C)=O)[C@H]2OC(C)=O)cc1. The van der Waals surface area contributed by atoms with Crippen LogP contribution in [0.2, 0.25) is 0 Å². The smallest absolute Gasteiger partial charge is 0.303 e. The molecule has 0 amide bonds. The number of carbonyl (C=O) groups is 13. The molecule has 0 aliphatic carbocycles. The predicted octanol–water partition coefficient (Wildman–Crippen LogP) is 6.11. The Bertz CT molecular complexity index is 4620. The maximum Gasteiger partial charge on any atom is 0.303 e. The van der Waals surface area contributed by atoms with Gasteiger partial charge < -0.3 is 128 Å². The third-order valence-electron chi connectivity index (χ3n) is 20.5. The molecule has 5 aromatic carbocycles. The monoisotopic (exact) mass is 1850 g/mol. The Morgan fingerprint density at radius 3 is 0.682 bits per heavy atom. The Hall–Kier alpha value is -11.4. The van der Waals surface area contributed by atoms with Gasteiger partial charge in [-0.05, 0) is 33.4 Å². The van der Waals surface area contributed by atoms with Crippen molar-refractivity contribution in [1.82, 2.24) is 0 Å². The molecule has 132 heavy (non-hydrogen) atoms. The van der Waals surface area contributed by atoms with Gasteiger partial charge in [0.15, 0.2) is 92.5 Å². The lowest BCUT2D eigenvalue weighted by molar-refractivity contribution is -0.377. The van der Waals surface area contributed by atoms with Crippen LogP contribution in [0.5, 0.6) is 0 Å². The van der Waals surface area contributed by atoms with Gasteiger partial charge in [-0.3, -0.25) is 62.3 Å². The molecule has 0 unspecified atom stereocenters. The summed E-state index contributed by atoms with van der Waals surface area (Å²) in [4.78, 5) is 173. The predicted molar refractivity (Wildman–Crippen MR) is 442 cm³/mol. The summed E-state index contributed by atoms with van der Waals surface area (Å²) in [6.07, 6.45) is -44.0. The highest BCUT2D eigenvalue weighted by atomic mass is 16.8. The van der Waals surface area contributed by atoms with Gasteiger partial charge in [-0.15, -0.1) is 0 Å². The van der Waals surface area contributed by atoms with Crippen molar-refractivity contribution < 1.29 is 190 Å². The average Bonchev–Trinajstić information content (AvgIpc) is 0.761. The minimum Gasteiger partial charge on any atom is -0.463 e. The second-order valence-corrected chi connectivity index (χ2v) is 31.1. The Kier molecular flexibility index (Phi) is 39.3. The van der Waals surface area contributed by atoms with E-state index in [1.165, 1.54) is 6.92 Å². The van der Waals surface area contributed by atoms with Crippen LogP contribution < -0.4 is 0 Å². The van der Waals surface area contributed by atoms with E-state index in [0.29, 0.717) is 33.4 Å². The second kappa shape index (κ2) is 50.5. The molecule has 40 heteroatoms. The molecule has 5 aliphatic heterocycles. The van der Waals surface area contributed by atoms with Crippen molar-refractivity contribution >= 4 is 77.6 Å². The number of carbonyl (C=O) groups excluding carboxylic acids is 13. The van der Waals surface area contributed by atoms with Gasteiger partial charge >= 0.3 is 77.6 Å².